The zero-order chi connectivity index (χ0) is 22.8. The molecule has 2 aromatic heterocycles. The van der Waals surface area contributed by atoms with Gasteiger partial charge in [0.05, 0.1) is 24.4 Å². The number of nitrogens with one attached hydrogen (secondary N) is 1. The molecular weight excluding hydrogens is 434 g/mol. The van der Waals surface area contributed by atoms with E-state index in [0.29, 0.717) is 16.4 Å². The molecule has 2 aromatic carbocycles. The summed E-state index contributed by atoms with van der Waals surface area (Å²) >= 11 is 5.73. The van der Waals surface area contributed by atoms with Crippen LogP contribution in [0.4, 0.5) is 5.69 Å². The summed E-state index contributed by atoms with van der Waals surface area (Å²) in [6, 6.07) is 26.5. The average molecular weight is 456 g/mol. The Bertz CT molecular complexity index is 1270. The number of benzene rings is 2. The Hall–Kier alpha value is -3.97. The number of rotatable bonds is 5. The van der Waals surface area contributed by atoms with Gasteiger partial charge in [-0.1, -0.05) is 36.4 Å². The van der Waals surface area contributed by atoms with E-state index in [9.17, 15) is 4.79 Å². The third-order valence-corrected chi connectivity index (χ3v) is 5.96. The molecule has 1 N–H and O–H groups in total. The maximum absolute atomic E-state index is 11.7. The largest absolute Gasteiger partial charge is 0.465 e. The van der Waals surface area contributed by atoms with E-state index in [2.05, 4.69) is 15.2 Å². The number of esters is 1. The van der Waals surface area contributed by atoms with Crippen molar-refractivity contribution in [3.05, 3.63) is 108 Å². The molecule has 164 valence electrons. The van der Waals surface area contributed by atoms with Gasteiger partial charge in [0, 0.05) is 17.4 Å². The average Bonchev–Trinajstić information content (AvgIpc) is 3.49. The van der Waals surface area contributed by atoms with Crippen LogP contribution in [-0.4, -0.2) is 23.2 Å². The van der Waals surface area contributed by atoms with Crippen LogP contribution in [0.5, 0.6) is 0 Å². The standard InChI is InChI=1S/C26H21N3O3S/c1-31-25(30)18-12-10-17(11-13-18)21-14-15-22(32-21)24-23(20-9-5-6-16-27-20)28-26(33)29(24)19-7-3-2-4-8-19/h2-16,23-24H,1H3,(H,28,33). The number of carbonyl (C=O) groups excluding carboxylic acids is 1. The van der Waals surface area contributed by atoms with Gasteiger partial charge >= 0.3 is 5.97 Å². The summed E-state index contributed by atoms with van der Waals surface area (Å²) in [5, 5.41) is 4.04. The number of methoxy groups -OCH3 is 1. The van der Waals surface area contributed by atoms with Gasteiger partial charge in [0.1, 0.15) is 17.6 Å². The van der Waals surface area contributed by atoms with Crippen molar-refractivity contribution in [3.63, 3.8) is 0 Å². The first-order valence-corrected chi connectivity index (χ1v) is 10.9. The lowest BCUT2D eigenvalue weighted by Crippen LogP contribution is -2.29. The van der Waals surface area contributed by atoms with E-state index < -0.39 is 0 Å². The first-order valence-electron chi connectivity index (χ1n) is 10.5. The zero-order valence-corrected chi connectivity index (χ0v) is 18.7. The van der Waals surface area contributed by atoms with E-state index in [1.54, 1.807) is 18.3 Å². The second kappa shape index (κ2) is 8.88. The molecule has 2 unspecified atom stereocenters. The molecule has 0 saturated carbocycles. The molecule has 0 bridgehead atoms. The number of nitrogens with zero attached hydrogens (tertiary/aromatic N) is 2. The molecule has 1 aliphatic rings. The van der Waals surface area contributed by atoms with Crippen molar-refractivity contribution in [3.8, 4) is 11.3 Å². The van der Waals surface area contributed by atoms with Crippen LogP contribution < -0.4 is 10.2 Å². The predicted octanol–water partition coefficient (Wildman–Crippen LogP) is 5.31. The lowest BCUT2D eigenvalue weighted by molar-refractivity contribution is 0.0600. The van der Waals surface area contributed by atoms with E-state index in [-0.39, 0.29) is 18.1 Å². The summed E-state index contributed by atoms with van der Waals surface area (Å²) in [6.07, 6.45) is 1.78. The highest BCUT2D eigenvalue weighted by atomic mass is 32.1. The first-order chi connectivity index (χ1) is 16.2. The summed E-state index contributed by atoms with van der Waals surface area (Å²) in [5.41, 5.74) is 3.20. The number of para-hydroxylation sites is 1. The van der Waals surface area contributed by atoms with Gasteiger partial charge in [-0.25, -0.2) is 4.79 Å². The minimum Gasteiger partial charge on any atom is -0.465 e. The minimum absolute atomic E-state index is 0.181. The van der Waals surface area contributed by atoms with E-state index in [4.69, 9.17) is 21.4 Å². The molecule has 1 saturated heterocycles. The Kier molecular flexibility index (Phi) is 5.62. The van der Waals surface area contributed by atoms with Crippen molar-refractivity contribution in [1.29, 1.82) is 0 Å². The zero-order valence-electron chi connectivity index (χ0n) is 17.8. The van der Waals surface area contributed by atoms with Crippen LogP contribution in [-0.2, 0) is 4.74 Å². The summed E-state index contributed by atoms with van der Waals surface area (Å²) in [4.78, 5) is 18.4. The highest BCUT2D eigenvalue weighted by Crippen LogP contribution is 2.42. The van der Waals surface area contributed by atoms with Gasteiger partial charge in [0.25, 0.3) is 0 Å². The number of carbonyl (C=O) groups is 1. The fourth-order valence-corrected chi connectivity index (χ4v) is 4.41. The molecule has 6 nitrogen and oxygen atoms in total. The van der Waals surface area contributed by atoms with Crippen molar-refractivity contribution in [2.24, 2.45) is 0 Å². The maximum atomic E-state index is 11.7. The van der Waals surface area contributed by atoms with E-state index >= 15 is 0 Å². The highest BCUT2D eigenvalue weighted by molar-refractivity contribution is 7.80. The Morgan fingerprint density at radius 3 is 2.45 bits per heavy atom. The molecule has 7 heteroatoms. The molecule has 0 spiro atoms. The van der Waals surface area contributed by atoms with Gasteiger partial charge in [-0.2, -0.15) is 0 Å². The number of anilines is 1. The van der Waals surface area contributed by atoms with Crippen LogP contribution >= 0.6 is 12.2 Å². The van der Waals surface area contributed by atoms with E-state index in [1.807, 2.05) is 72.8 Å². The second-order valence-corrected chi connectivity index (χ2v) is 7.99. The molecule has 5 rings (SSSR count). The SMILES string of the molecule is COC(=O)c1ccc(-c2ccc(C3C(c4ccccn4)NC(=S)N3c3ccccc3)o2)cc1. The number of pyridine rings is 1. The second-order valence-electron chi connectivity index (χ2n) is 7.60. The monoisotopic (exact) mass is 455 g/mol. The molecule has 1 aliphatic heterocycles. The molecule has 3 heterocycles. The lowest BCUT2D eigenvalue weighted by Gasteiger charge is -2.26. The van der Waals surface area contributed by atoms with Crippen molar-refractivity contribution >= 4 is 29.0 Å². The highest BCUT2D eigenvalue weighted by Gasteiger charge is 2.42. The van der Waals surface area contributed by atoms with Gasteiger partial charge in [0.15, 0.2) is 5.11 Å². The van der Waals surface area contributed by atoms with Gasteiger partial charge in [-0.15, -0.1) is 0 Å². The maximum Gasteiger partial charge on any atom is 0.337 e. The molecule has 0 radical (unpaired) electrons. The Morgan fingerprint density at radius 1 is 1.00 bits per heavy atom. The molecule has 0 amide bonds. The van der Waals surface area contributed by atoms with Crippen molar-refractivity contribution in [2.45, 2.75) is 12.1 Å². The van der Waals surface area contributed by atoms with Crippen LogP contribution in [0.15, 0.2) is 95.5 Å². The van der Waals surface area contributed by atoms with Crippen LogP contribution in [0.2, 0.25) is 0 Å². The minimum atomic E-state index is -0.371. The van der Waals surface area contributed by atoms with Gasteiger partial charge in [0.2, 0.25) is 0 Å². The number of aromatic nitrogens is 1. The first kappa shape index (κ1) is 20.9. The van der Waals surface area contributed by atoms with Gasteiger partial charge in [-0.05, 0) is 60.7 Å². The van der Waals surface area contributed by atoms with Crippen LogP contribution in [0.1, 0.15) is 33.9 Å². The lowest BCUT2D eigenvalue weighted by atomic mass is 10.0. The number of furan rings is 1. The normalized spacial score (nSPS) is 17.6. The van der Waals surface area contributed by atoms with E-state index in [0.717, 1.165) is 22.7 Å². The van der Waals surface area contributed by atoms with Crippen LogP contribution in [0.3, 0.4) is 0 Å². The van der Waals surface area contributed by atoms with Crippen LogP contribution in [0.25, 0.3) is 11.3 Å². The molecule has 2 atom stereocenters. The smallest absolute Gasteiger partial charge is 0.337 e. The summed E-state index contributed by atoms with van der Waals surface area (Å²) in [5.74, 6) is 1.09. The number of hydrogen-bond acceptors (Lipinski definition) is 5. The molecular formula is C26H21N3O3S. The topological polar surface area (TPSA) is 67.6 Å². The van der Waals surface area contributed by atoms with Gasteiger partial charge < -0.3 is 19.4 Å². The number of hydrogen-bond donors (Lipinski definition) is 1. The van der Waals surface area contributed by atoms with E-state index in [1.165, 1.54) is 7.11 Å². The quantitative estimate of drug-likeness (QED) is 0.323. The fraction of sp³-hybridized carbons (Fsp3) is 0.115. The van der Waals surface area contributed by atoms with Crippen molar-refractivity contribution in [1.82, 2.24) is 10.3 Å². The molecule has 1 fully saturated rings. The van der Waals surface area contributed by atoms with Crippen molar-refractivity contribution < 1.29 is 13.9 Å². The van der Waals surface area contributed by atoms with Gasteiger partial charge in [-0.3, -0.25) is 4.98 Å². The third-order valence-electron chi connectivity index (χ3n) is 5.64. The molecule has 33 heavy (non-hydrogen) atoms. The summed E-state index contributed by atoms with van der Waals surface area (Å²) in [6.45, 7) is 0. The number of thiocarbonyl (C=S) groups is 1. The van der Waals surface area contributed by atoms with Crippen LogP contribution in [0, 0.1) is 0 Å². The summed E-state index contributed by atoms with van der Waals surface area (Å²) < 4.78 is 11.1. The molecule has 0 aliphatic carbocycles. The number of ether oxygens (including phenoxy) is 1. The Morgan fingerprint density at radius 2 is 1.76 bits per heavy atom. The fourth-order valence-electron chi connectivity index (χ4n) is 4.07. The van der Waals surface area contributed by atoms with Crippen molar-refractivity contribution in [2.75, 3.05) is 12.0 Å². The Balaban J connectivity index is 1.53. The third kappa shape index (κ3) is 3.99. The Labute approximate surface area is 196 Å². The molecule has 4 aromatic rings. The summed E-state index contributed by atoms with van der Waals surface area (Å²) in [7, 11) is 1.37. The predicted molar refractivity (Wildman–Crippen MR) is 130 cm³/mol.